The summed E-state index contributed by atoms with van der Waals surface area (Å²) in [7, 11) is 4.71. The topological polar surface area (TPSA) is 9.72 Å². The van der Waals surface area contributed by atoms with Crippen molar-refractivity contribution in [3.8, 4) is 0 Å². The van der Waals surface area contributed by atoms with Crippen LogP contribution in [0, 0.1) is 0 Å². The molecule has 0 amide bonds. The van der Waals surface area contributed by atoms with E-state index in [1.165, 1.54) is 0 Å². The third-order valence-corrected chi connectivity index (χ3v) is 3.38. The summed E-state index contributed by atoms with van der Waals surface area (Å²) in [5, 5.41) is 0. The van der Waals surface area contributed by atoms with E-state index in [4.69, 9.17) is 0 Å². The zero-order valence-electron chi connectivity index (χ0n) is 14.2. The van der Waals surface area contributed by atoms with Gasteiger partial charge >= 0.3 is 7.12 Å². The summed E-state index contributed by atoms with van der Waals surface area (Å²) >= 11 is 0. The molecule has 108 valence electrons. The average Bonchev–Trinajstić information content (AvgIpc) is 2.13. The molecule has 0 aliphatic rings. The average molecular weight is 255 g/mol. The van der Waals surface area contributed by atoms with Crippen LogP contribution in [0.5, 0.6) is 0 Å². The van der Waals surface area contributed by atoms with Gasteiger partial charge in [0.05, 0.1) is 0 Å². The third kappa shape index (κ3) is 4.56. The second-order valence-corrected chi connectivity index (χ2v) is 6.58. The predicted octanol–water partition coefficient (Wildman–Crippen LogP) is 2.77. The van der Waals surface area contributed by atoms with Gasteiger partial charge in [0, 0.05) is 0 Å². The van der Waals surface area contributed by atoms with E-state index in [2.05, 4.69) is 83.9 Å². The fraction of sp³-hybridized carbons (Fsp3) is 1.00. The second kappa shape index (κ2) is 7.51. The van der Waals surface area contributed by atoms with E-state index in [1.807, 2.05) is 0 Å². The standard InChI is InChI=1S/C14H34BN3/c1-11(2)17(12(3)4)15(16(9)10)18(13(5)6)14(7)8/h11-14H,1-10H3. The van der Waals surface area contributed by atoms with Gasteiger partial charge in [-0.05, 0) is 38.3 Å². The summed E-state index contributed by atoms with van der Waals surface area (Å²) < 4.78 is 0. The van der Waals surface area contributed by atoms with Crippen molar-refractivity contribution in [3.63, 3.8) is 0 Å². The van der Waals surface area contributed by atoms with Crippen LogP contribution in [0.25, 0.3) is 0 Å². The zero-order valence-corrected chi connectivity index (χ0v) is 14.2. The number of hydrogen-bond donors (Lipinski definition) is 0. The largest absolute Gasteiger partial charge is 0.403 e. The molecule has 0 bridgehead atoms. The highest BCUT2D eigenvalue weighted by Crippen LogP contribution is 2.18. The Bertz CT molecular complexity index is 191. The van der Waals surface area contributed by atoms with E-state index < -0.39 is 0 Å². The van der Waals surface area contributed by atoms with Crippen LogP contribution in [-0.2, 0) is 0 Å². The molecule has 0 spiro atoms. The van der Waals surface area contributed by atoms with Gasteiger partial charge < -0.3 is 14.4 Å². The highest BCUT2D eigenvalue weighted by atomic mass is 15.4. The molecular formula is C14H34BN3. The quantitative estimate of drug-likeness (QED) is 0.648. The van der Waals surface area contributed by atoms with Crippen molar-refractivity contribution in [3.05, 3.63) is 0 Å². The van der Waals surface area contributed by atoms with Gasteiger partial charge in [-0.25, -0.2) is 0 Å². The van der Waals surface area contributed by atoms with E-state index >= 15 is 0 Å². The first-order valence-corrected chi connectivity index (χ1v) is 7.32. The summed E-state index contributed by atoms with van der Waals surface area (Å²) in [6, 6.07) is 2.16. The van der Waals surface area contributed by atoms with Crippen molar-refractivity contribution < 1.29 is 0 Å². The summed E-state index contributed by atoms with van der Waals surface area (Å²) in [6.45, 7) is 18.3. The Kier molecular flexibility index (Phi) is 7.49. The Morgan fingerprint density at radius 1 is 0.556 bits per heavy atom. The van der Waals surface area contributed by atoms with Gasteiger partial charge in [0.15, 0.2) is 0 Å². The highest BCUT2D eigenvalue weighted by molar-refractivity contribution is 6.49. The van der Waals surface area contributed by atoms with Gasteiger partial charge in [0.25, 0.3) is 0 Å². The lowest BCUT2D eigenvalue weighted by molar-refractivity contribution is 0.193. The summed E-state index contributed by atoms with van der Waals surface area (Å²) in [5.74, 6) is 0. The monoisotopic (exact) mass is 255 g/mol. The molecule has 18 heavy (non-hydrogen) atoms. The number of nitrogens with zero attached hydrogens (tertiary/aromatic N) is 3. The minimum absolute atomic E-state index is 0.352. The Balaban J connectivity index is 5.37. The number of hydrogen-bond acceptors (Lipinski definition) is 3. The van der Waals surface area contributed by atoms with Crippen molar-refractivity contribution in [1.82, 2.24) is 14.4 Å². The van der Waals surface area contributed by atoms with Crippen LogP contribution in [0.3, 0.4) is 0 Å². The van der Waals surface area contributed by atoms with Gasteiger partial charge in [-0.15, -0.1) is 0 Å². The fourth-order valence-electron chi connectivity index (χ4n) is 2.95. The molecule has 0 saturated heterocycles. The van der Waals surface area contributed by atoms with Crippen LogP contribution in [-0.4, -0.2) is 59.8 Å². The molecule has 4 heteroatoms. The molecule has 0 N–H and O–H groups in total. The molecule has 0 heterocycles. The molecule has 0 radical (unpaired) electrons. The Hall–Kier alpha value is -0.0551. The van der Waals surface area contributed by atoms with Gasteiger partial charge in [0.1, 0.15) is 0 Å². The lowest BCUT2D eigenvalue weighted by Gasteiger charge is -2.47. The molecule has 0 aromatic carbocycles. The lowest BCUT2D eigenvalue weighted by atomic mass is 9.78. The normalized spacial score (nSPS) is 13.2. The first-order valence-electron chi connectivity index (χ1n) is 7.32. The molecule has 3 nitrogen and oxygen atoms in total. The van der Waals surface area contributed by atoms with Crippen molar-refractivity contribution in [2.24, 2.45) is 0 Å². The van der Waals surface area contributed by atoms with E-state index in [9.17, 15) is 0 Å². The Morgan fingerprint density at radius 3 is 0.889 bits per heavy atom. The van der Waals surface area contributed by atoms with Gasteiger partial charge in [0.2, 0.25) is 0 Å². The minimum Gasteiger partial charge on any atom is -0.319 e. The first kappa shape index (κ1) is 17.9. The molecule has 0 rings (SSSR count). The molecule has 0 aliphatic heterocycles. The van der Waals surface area contributed by atoms with E-state index in [1.54, 1.807) is 0 Å². The van der Waals surface area contributed by atoms with E-state index in [0.717, 1.165) is 0 Å². The predicted molar refractivity (Wildman–Crippen MR) is 83.7 cm³/mol. The molecule has 0 fully saturated rings. The maximum absolute atomic E-state index is 2.58. The van der Waals surface area contributed by atoms with Crippen molar-refractivity contribution in [1.29, 1.82) is 0 Å². The van der Waals surface area contributed by atoms with Crippen LogP contribution in [0.4, 0.5) is 0 Å². The smallest absolute Gasteiger partial charge is 0.319 e. The van der Waals surface area contributed by atoms with Crippen molar-refractivity contribution in [2.75, 3.05) is 14.1 Å². The lowest BCUT2D eigenvalue weighted by Crippen LogP contribution is -2.67. The van der Waals surface area contributed by atoms with Crippen LogP contribution in [0.1, 0.15) is 55.4 Å². The van der Waals surface area contributed by atoms with Crippen LogP contribution >= 0.6 is 0 Å². The van der Waals surface area contributed by atoms with E-state index in [0.29, 0.717) is 31.3 Å². The van der Waals surface area contributed by atoms with Crippen molar-refractivity contribution in [2.45, 2.75) is 79.6 Å². The SMILES string of the molecule is CC(C)N(B(N(C)C)N(C(C)C)C(C)C)C(C)C. The van der Waals surface area contributed by atoms with Gasteiger partial charge in [-0.1, -0.05) is 55.4 Å². The van der Waals surface area contributed by atoms with Crippen LogP contribution < -0.4 is 0 Å². The van der Waals surface area contributed by atoms with Crippen molar-refractivity contribution >= 4 is 7.12 Å². The highest BCUT2D eigenvalue weighted by Gasteiger charge is 2.38. The Labute approximate surface area is 116 Å². The van der Waals surface area contributed by atoms with Crippen LogP contribution in [0.15, 0.2) is 0 Å². The molecule has 0 saturated carbocycles. The first-order chi connectivity index (χ1) is 8.11. The minimum atomic E-state index is 0.352. The maximum atomic E-state index is 2.58. The molecule has 0 aromatic rings. The summed E-state index contributed by atoms with van der Waals surface area (Å²) in [5.41, 5.74) is 0. The number of rotatable bonds is 7. The zero-order chi connectivity index (χ0) is 14.6. The summed E-state index contributed by atoms with van der Waals surface area (Å²) in [4.78, 5) is 7.50. The van der Waals surface area contributed by atoms with Crippen LogP contribution in [0.2, 0.25) is 0 Å². The van der Waals surface area contributed by atoms with Gasteiger partial charge in [-0.3, -0.25) is 0 Å². The molecule has 0 unspecified atom stereocenters. The molecular weight excluding hydrogens is 221 g/mol. The fourth-order valence-corrected chi connectivity index (χ4v) is 2.95. The van der Waals surface area contributed by atoms with E-state index in [-0.39, 0.29) is 0 Å². The molecule has 0 atom stereocenters. The summed E-state index contributed by atoms with van der Waals surface area (Å²) in [6.07, 6.45) is 0. The molecule has 0 aromatic heterocycles. The maximum Gasteiger partial charge on any atom is 0.403 e. The molecule has 0 aliphatic carbocycles. The second-order valence-electron chi connectivity index (χ2n) is 6.58. The van der Waals surface area contributed by atoms with Gasteiger partial charge in [-0.2, -0.15) is 0 Å². The third-order valence-electron chi connectivity index (χ3n) is 3.38. The Morgan fingerprint density at radius 2 is 0.778 bits per heavy atom.